The topological polar surface area (TPSA) is 101 Å². The molecule has 4 aromatic rings. The smallest absolute Gasteiger partial charge is 0.261 e. The maximum absolute atomic E-state index is 12.8. The quantitative estimate of drug-likeness (QED) is 0.306. The van der Waals surface area contributed by atoms with Gasteiger partial charge in [0.05, 0.1) is 4.90 Å². The van der Waals surface area contributed by atoms with Crippen LogP contribution in [0.15, 0.2) is 83.8 Å². The van der Waals surface area contributed by atoms with Gasteiger partial charge in [0.1, 0.15) is 0 Å². The summed E-state index contributed by atoms with van der Waals surface area (Å²) < 4.78 is 28.0. The van der Waals surface area contributed by atoms with Crippen molar-refractivity contribution >= 4 is 61.3 Å². The molecule has 0 saturated carbocycles. The monoisotopic (exact) mass is 499 g/mol. The second-order valence-corrected chi connectivity index (χ2v) is 9.93. The van der Waals surface area contributed by atoms with Crippen molar-refractivity contribution in [3.8, 4) is 0 Å². The Kier molecular flexibility index (Phi) is 6.47. The SMILES string of the molecule is Nc1ccc(CNC(=O)c2cccc3cc(NS(=O)(=O)c4cc(Cl)cc(Cl)c4)ccc23)cc1. The highest BCUT2D eigenvalue weighted by atomic mass is 35.5. The van der Waals surface area contributed by atoms with E-state index in [1.807, 2.05) is 12.1 Å². The third-order valence-electron chi connectivity index (χ3n) is 4.96. The molecular formula is C24H19Cl2N3O3S. The molecule has 0 heterocycles. The number of benzene rings is 4. The van der Waals surface area contributed by atoms with Crippen LogP contribution in [-0.4, -0.2) is 14.3 Å². The van der Waals surface area contributed by atoms with Crippen LogP contribution in [-0.2, 0) is 16.6 Å². The van der Waals surface area contributed by atoms with Gasteiger partial charge < -0.3 is 11.1 Å². The van der Waals surface area contributed by atoms with Gasteiger partial charge in [-0.25, -0.2) is 8.42 Å². The number of nitrogens with one attached hydrogen (secondary N) is 2. The van der Waals surface area contributed by atoms with Crippen LogP contribution in [0, 0.1) is 0 Å². The number of carbonyl (C=O) groups is 1. The lowest BCUT2D eigenvalue weighted by Gasteiger charge is -2.12. The second kappa shape index (κ2) is 9.31. The summed E-state index contributed by atoms with van der Waals surface area (Å²) in [6, 6.07) is 21.6. The Bertz CT molecular complexity index is 1440. The van der Waals surface area contributed by atoms with E-state index in [4.69, 9.17) is 28.9 Å². The Labute approximate surface area is 201 Å². The number of hydrogen-bond acceptors (Lipinski definition) is 4. The van der Waals surface area contributed by atoms with Gasteiger partial charge in [0, 0.05) is 33.5 Å². The first-order valence-electron chi connectivity index (χ1n) is 9.85. The van der Waals surface area contributed by atoms with Crippen LogP contribution in [0.5, 0.6) is 0 Å². The molecule has 9 heteroatoms. The highest BCUT2D eigenvalue weighted by molar-refractivity contribution is 7.92. The average molecular weight is 500 g/mol. The molecule has 0 aliphatic heterocycles. The minimum absolute atomic E-state index is 0.0455. The molecule has 0 spiro atoms. The lowest BCUT2D eigenvalue weighted by molar-refractivity contribution is 0.0952. The number of anilines is 2. The van der Waals surface area contributed by atoms with E-state index in [2.05, 4.69) is 10.0 Å². The van der Waals surface area contributed by atoms with E-state index in [1.54, 1.807) is 48.5 Å². The highest BCUT2D eigenvalue weighted by Gasteiger charge is 2.17. The van der Waals surface area contributed by atoms with Crippen LogP contribution in [0.2, 0.25) is 10.0 Å². The first-order chi connectivity index (χ1) is 15.7. The van der Waals surface area contributed by atoms with Gasteiger partial charge in [0.15, 0.2) is 0 Å². The molecule has 4 rings (SSSR count). The highest BCUT2D eigenvalue weighted by Crippen LogP contribution is 2.27. The number of halogens is 2. The number of sulfonamides is 1. The molecule has 1 amide bonds. The molecule has 168 valence electrons. The van der Waals surface area contributed by atoms with Crippen molar-refractivity contribution in [2.24, 2.45) is 0 Å². The van der Waals surface area contributed by atoms with Gasteiger partial charge >= 0.3 is 0 Å². The van der Waals surface area contributed by atoms with E-state index in [0.29, 0.717) is 34.3 Å². The van der Waals surface area contributed by atoms with Crippen LogP contribution in [0.4, 0.5) is 11.4 Å². The van der Waals surface area contributed by atoms with E-state index < -0.39 is 10.0 Å². The fourth-order valence-electron chi connectivity index (χ4n) is 3.36. The summed E-state index contributed by atoms with van der Waals surface area (Å²) in [7, 11) is -3.90. The van der Waals surface area contributed by atoms with Crippen molar-refractivity contribution in [1.29, 1.82) is 0 Å². The molecule has 0 aliphatic rings. The van der Waals surface area contributed by atoms with Gasteiger partial charge in [0.25, 0.3) is 15.9 Å². The van der Waals surface area contributed by atoms with Crippen molar-refractivity contribution < 1.29 is 13.2 Å². The third-order valence-corrected chi connectivity index (χ3v) is 6.75. The van der Waals surface area contributed by atoms with Gasteiger partial charge in [-0.3, -0.25) is 9.52 Å². The van der Waals surface area contributed by atoms with Crippen molar-refractivity contribution in [3.05, 3.63) is 100 Å². The van der Waals surface area contributed by atoms with Crippen LogP contribution in [0.3, 0.4) is 0 Å². The molecular weight excluding hydrogens is 481 g/mol. The molecule has 0 atom stereocenters. The van der Waals surface area contributed by atoms with Crippen molar-refractivity contribution in [1.82, 2.24) is 5.32 Å². The number of nitrogens with two attached hydrogens (primary N) is 1. The summed E-state index contributed by atoms with van der Waals surface area (Å²) in [4.78, 5) is 12.7. The van der Waals surface area contributed by atoms with E-state index in [-0.39, 0.29) is 20.8 Å². The molecule has 0 fully saturated rings. The molecule has 4 N–H and O–H groups in total. The Morgan fingerprint density at radius 3 is 2.27 bits per heavy atom. The van der Waals surface area contributed by atoms with Crippen LogP contribution < -0.4 is 15.8 Å². The summed E-state index contributed by atoms with van der Waals surface area (Å²) in [6.45, 7) is 0.357. The molecule has 0 aromatic heterocycles. The van der Waals surface area contributed by atoms with Crippen LogP contribution in [0.25, 0.3) is 10.8 Å². The molecule has 0 unspecified atom stereocenters. The third kappa shape index (κ3) is 5.39. The first-order valence-corrected chi connectivity index (χ1v) is 12.1. The zero-order valence-corrected chi connectivity index (χ0v) is 19.5. The minimum atomic E-state index is -3.90. The fourth-order valence-corrected chi connectivity index (χ4v) is 5.13. The second-order valence-electron chi connectivity index (χ2n) is 7.38. The summed E-state index contributed by atoms with van der Waals surface area (Å²) in [5.74, 6) is -0.237. The lowest BCUT2D eigenvalue weighted by atomic mass is 10.0. The molecule has 0 saturated heterocycles. The van der Waals surface area contributed by atoms with Crippen molar-refractivity contribution in [2.75, 3.05) is 10.5 Å². The summed E-state index contributed by atoms with van der Waals surface area (Å²) in [5.41, 5.74) is 8.10. The number of hydrogen-bond donors (Lipinski definition) is 3. The summed E-state index contributed by atoms with van der Waals surface area (Å²) in [5, 5.41) is 4.74. The predicted octanol–water partition coefficient (Wildman–Crippen LogP) is 5.46. The summed E-state index contributed by atoms with van der Waals surface area (Å²) >= 11 is 11.9. The molecule has 4 aromatic carbocycles. The normalized spacial score (nSPS) is 11.3. The maximum Gasteiger partial charge on any atom is 0.261 e. The number of carbonyl (C=O) groups excluding carboxylic acids is 1. The zero-order valence-electron chi connectivity index (χ0n) is 17.2. The molecule has 0 bridgehead atoms. The molecule has 0 radical (unpaired) electrons. The molecule has 6 nitrogen and oxygen atoms in total. The standard InChI is InChI=1S/C24H19Cl2N3O3S/c25-17-11-18(26)13-21(12-17)33(31,32)29-20-8-9-22-16(10-20)2-1-3-23(22)24(30)28-14-15-4-6-19(27)7-5-15/h1-13,29H,14,27H2,(H,28,30). The van der Waals surface area contributed by atoms with E-state index in [9.17, 15) is 13.2 Å². The lowest BCUT2D eigenvalue weighted by Crippen LogP contribution is -2.23. The number of nitrogen functional groups attached to an aromatic ring is 1. The van der Waals surface area contributed by atoms with Gasteiger partial charge in [-0.15, -0.1) is 0 Å². The van der Waals surface area contributed by atoms with E-state index in [1.165, 1.54) is 18.2 Å². The molecule has 0 aliphatic carbocycles. The largest absolute Gasteiger partial charge is 0.399 e. The maximum atomic E-state index is 12.8. The first kappa shape index (κ1) is 22.9. The predicted molar refractivity (Wildman–Crippen MR) is 133 cm³/mol. The number of amides is 1. The Balaban J connectivity index is 1.56. The van der Waals surface area contributed by atoms with Gasteiger partial charge in [-0.2, -0.15) is 0 Å². The fraction of sp³-hybridized carbons (Fsp3) is 0.0417. The van der Waals surface area contributed by atoms with E-state index >= 15 is 0 Å². The minimum Gasteiger partial charge on any atom is -0.399 e. The van der Waals surface area contributed by atoms with Gasteiger partial charge in [-0.05, 0) is 64.9 Å². The Hall–Kier alpha value is -3.26. The van der Waals surface area contributed by atoms with Gasteiger partial charge in [0.2, 0.25) is 0 Å². The van der Waals surface area contributed by atoms with E-state index in [0.717, 1.165) is 5.56 Å². The molecule has 33 heavy (non-hydrogen) atoms. The zero-order chi connectivity index (χ0) is 23.6. The average Bonchev–Trinajstić information content (AvgIpc) is 2.77. The Morgan fingerprint density at radius 1 is 0.879 bits per heavy atom. The number of rotatable bonds is 6. The van der Waals surface area contributed by atoms with Crippen molar-refractivity contribution in [2.45, 2.75) is 11.4 Å². The van der Waals surface area contributed by atoms with Crippen LogP contribution >= 0.6 is 23.2 Å². The van der Waals surface area contributed by atoms with Crippen molar-refractivity contribution in [3.63, 3.8) is 0 Å². The van der Waals surface area contributed by atoms with Gasteiger partial charge in [-0.1, -0.05) is 53.5 Å². The summed E-state index contributed by atoms with van der Waals surface area (Å²) in [6.07, 6.45) is 0. The van der Waals surface area contributed by atoms with Crippen LogP contribution in [0.1, 0.15) is 15.9 Å². The Morgan fingerprint density at radius 2 is 1.58 bits per heavy atom. The number of fused-ring (bicyclic) bond motifs is 1.